The smallest absolute Gasteiger partial charge is 0.232 e. The summed E-state index contributed by atoms with van der Waals surface area (Å²) in [6.07, 6.45) is 0. The summed E-state index contributed by atoms with van der Waals surface area (Å²) in [6.45, 7) is 8.54. The van der Waals surface area contributed by atoms with Gasteiger partial charge in [0.15, 0.2) is 0 Å². The minimum Gasteiger partial charge on any atom is -0.315 e. The molecule has 0 unspecified atom stereocenters. The zero-order valence-corrected chi connectivity index (χ0v) is 10.8. The minimum absolute atomic E-state index is 0.163. The van der Waals surface area contributed by atoms with Crippen LogP contribution in [0, 0.1) is 19.8 Å². The van der Waals surface area contributed by atoms with E-state index in [0.29, 0.717) is 0 Å². The highest BCUT2D eigenvalue weighted by atomic mass is 16.2. The Labute approximate surface area is 103 Å². The molecule has 17 heavy (non-hydrogen) atoms. The van der Waals surface area contributed by atoms with E-state index in [1.54, 1.807) is 0 Å². The van der Waals surface area contributed by atoms with Gasteiger partial charge in [0.2, 0.25) is 5.91 Å². The van der Waals surface area contributed by atoms with E-state index in [-0.39, 0.29) is 11.8 Å². The summed E-state index contributed by atoms with van der Waals surface area (Å²) in [5, 5.41) is 3.15. The summed E-state index contributed by atoms with van der Waals surface area (Å²) < 4.78 is 0. The van der Waals surface area contributed by atoms with Crippen LogP contribution in [0.25, 0.3) is 0 Å². The SMILES string of the molecule is CCN(C(=O)C1CNC1)c1cc(C)cc(C)c1. The summed E-state index contributed by atoms with van der Waals surface area (Å²) in [4.78, 5) is 14.2. The molecule has 0 aliphatic carbocycles. The average Bonchev–Trinajstić information content (AvgIpc) is 2.14. The van der Waals surface area contributed by atoms with E-state index in [0.717, 1.165) is 25.3 Å². The van der Waals surface area contributed by atoms with Gasteiger partial charge < -0.3 is 10.2 Å². The van der Waals surface area contributed by atoms with Crippen molar-refractivity contribution in [3.05, 3.63) is 29.3 Å². The highest BCUT2D eigenvalue weighted by Gasteiger charge is 2.29. The number of benzene rings is 1. The normalized spacial score (nSPS) is 15.5. The van der Waals surface area contributed by atoms with Crippen molar-refractivity contribution >= 4 is 11.6 Å². The van der Waals surface area contributed by atoms with E-state index in [1.165, 1.54) is 11.1 Å². The monoisotopic (exact) mass is 232 g/mol. The molecule has 0 bridgehead atoms. The molecule has 1 N–H and O–H groups in total. The second-order valence-electron chi connectivity index (χ2n) is 4.78. The van der Waals surface area contributed by atoms with E-state index in [2.05, 4.69) is 37.4 Å². The molecule has 1 heterocycles. The Hall–Kier alpha value is -1.35. The molecule has 1 aromatic rings. The number of carbonyl (C=O) groups is 1. The zero-order valence-electron chi connectivity index (χ0n) is 10.8. The van der Waals surface area contributed by atoms with Gasteiger partial charge in [-0.1, -0.05) is 6.07 Å². The summed E-state index contributed by atoms with van der Waals surface area (Å²) in [7, 11) is 0. The Balaban J connectivity index is 2.24. The Morgan fingerprint density at radius 2 is 1.88 bits per heavy atom. The topological polar surface area (TPSA) is 32.3 Å². The van der Waals surface area contributed by atoms with Crippen molar-refractivity contribution in [1.82, 2.24) is 5.32 Å². The Morgan fingerprint density at radius 1 is 1.29 bits per heavy atom. The predicted octanol–water partition coefficient (Wildman–Crippen LogP) is 1.88. The lowest BCUT2D eigenvalue weighted by Crippen LogP contribution is -2.52. The van der Waals surface area contributed by atoms with Gasteiger partial charge in [-0.05, 0) is 44.0 Å². The fraction of sp³-hybridized carbons (Fsp3) is 0.500. The van der Waals surface area contributed by atoms with Gasteiger partial charge in [-0.25, -0.2) is 0 Å². The van der Waals surface area contributed by atoms with Gasteiger partial charge >= 0.3 is 0 Å². The molecule has 1 aliphatic heterocycles. The van der Waals surface area contributed by atoms with E-state index in [4.69, 9.17) is 0 Å². The first-order valence-corrected chi connectivity index (χ1v) is 6.22. The maximum atomic E-state index is 12.3. The van der Waals surface area contributed by atoms with Crippen LogP contribution in [0.4, 0.5) is 5.69 Å². The van der Waals surface area contributed by atoms with Crippen LogP contribution in [0.3, 0.4) is 0 Å². The van der Waals surface area contributed by atoms with Gasteiger partial charge in [0.05, 0.1) is 5.92 Å². The molecule has 1 aromatic carbocycles. The van der Waals surface area contributed by atoms with Crippen molar-refractivity contribution in [2.24, 2.45) is 5.92 Å². The quantitative estimate of drug-likeness (QED) is 0.863. The number of hydrogen-bond donors (Lipinski definition) is 1. The Kier molecular flexibility index (Phi) is 3.48. The van der Waals surface area contributed by atoms with Crippen LogP contribution < -0.4 is 10.2 Å². The van der Waals surface area contributed by atoms with E-state index < -0.39 is 0 Å². The molecule has 1 amide bonds. The highest BCUT2D eigenvalue weighted by Crippen LogP contribution is 2.21. The number of nitrogens with zero attached hydrogens (tertiary/aromatic N) is 1. The molecule has 1 aliphatic rings. The predicted molar refractivity (Wildman–Crippen MR) is 70.3 cm³/mol. The second kappa shape index (κ2) is 4.88. The van der Waals surface area contributed by atoms with Gasteiger partial charge in [0.25, 0.3) is 0 Å². The molecular weight excluding hydrogens is 212 g/mol. The molecule has 0 aromatic heterocycles. The molecule has 92 valence electrons. The summed E-state index contributed by atoms with van der Waals surface area (Å²) in [5.74, 6) is 0.409. The fourth-order valence-electron chi connectivity index (χ4n) is 2.26. The maximum absolute atomic E-state index is 12.3. The van der Waals surface area contributed by atoms with E-state index >= 15 is 0 Å². The molecule has 2 rings (SSSR count). The maximum Gasteiger partial charge on any atom is 0.232 e. The molecule has 1 saturated heterocycles. The van der Waals surface area contributed by atoms with Crippen molar-refractivity contribution in [1.29, 1.82) is 0 Å². The van der Waals surface area contributed by atoms with Crippen molar-refractivity contribution < 1.29 is 4.79 Å². The molecule has 1 fully saturated rings. The number of nitrogens with one attached hydrogen (secondary N) is 1. The van der Waals surface area contributed by atoms with Crippen LogP contribution in [0.15, 0.2) is 18.2 Å². The first-order chi connectivity index (χ1) is 8.11. The fourth-order valence-corrected chi connectivity index (χ4v) is 2.26. The molecule has 0 atom stereocenters. The zero-order chi connectivity index (χ0) is 12.4. The largest absolute Gasteiger partial charge is 0.315 e. The molecular formula is C14H20N2O. The summed E-state index contributed by atoms with van der Waals surface area (Å²) in [6, 6.07) is 6.30. The number of aryl methyl sites for hydroxylation is 2. The highest BCUT2D eigenvalue weighted by molar-refractivity contribution is 5.96. The third-order valence-electron chi connectivity index (χ3n) is 3.23. The van der Waals surface area contributed by atoms with Crippen LogP contribution in [0.1, 0.15) is 18.1 Å². The third kappa shape index (κ3) is 2.50. The van der Waals surface area contributed by atoms with Gasteiger partial charge in [-0.3, -0.25) is 4.79 Å². The van der Waals surface area contributed by atoms with Crippen LogP contribution in [0.2, 0.25) is 0 Å². The average molecular weight is 232 g/mol. The van der Waals surface area contributed by atoms with Crippen molar-refractivity contribution in [2.45, 2.75) is 20.8 Å². The van der Waals surface area contributed by atoms with Gasteiger partial charge in [-0.2, -0.15) is 0 Å². The molecule has 0 radical (unpaired) electrons. The van der Waals surface area contributed by atoms with E-state index in [9.17, 15) is 4.79 Å². The lowest BCUT2D eigenvalue weighted by atomic mass is 10.0. The van der Waals surface area contributed by atoms with Gasteiger partial charge in [0, 0.05) is 25.3 Å². The van der Waals surface area contributed by atoms with E-state index in [1.807, 2.05) is 11.8 Å². The number of anilines is 1. The minimum atomic E-state index is 0.163. The molecule has 3 nitrogen and oxygen atoms in total. The summed E-state index contributed by atoms with van der Waals surface area (Å²) in [5.41, 5.74) is 3.44. The Morgan fingerprint density at radius 3 is 2.29 bits per heavy atom. The molecule has 0 spiro atoms. The standard InChI is InChI=1S/C14H20N2O/c1-4-16(14(17)12-8-15-9-12)13-6-10(2)5-11(3)7-13/h5-7,12,15H,4,8-9H2,1-3H3. The van der Waals surface area contributed by atoms with Crippen LogP contribution in [-0.4, -0.2) is 25.5 Å². The Bertz CT molecular complexity index is 404. The number of amides is 1. The number of carbonyl (C=O) groups excluding carboxylic acids is 1. The van der Waals surface area contributed by atoms with Crippen LogP contribution in [0.5, 0.6) is 0 Å². The second-order valence-corrected chi connectivity index (χ2v) is 4.78. The molecule has 3 heteroatoms. The van der Waals surface area contributed by atoms with Gasteiger partial charge in [0.1, 0.15) is 0 Å². The van der Waals surface area contributed by atoms with Crippen molar-refractivity contribution in [2.75, 3.05) is 24.5 Å². The van der Waals surface area contributed by atoms with Gasteiger partial charge in [-0.15, -0.1) is 0 Å². The lowest BCUT2D eigenvalue weighted by Gasteiger charge is -2.32. The van der Waals surface area contributed by atoms with Crippen LogP contribution in [-0.2, 0) is 4.79 Å². The number of rotatable bonds is 3. The first kappa shape index (κ1) is 12.1. The number of hydrogen-bond acceptors (Lipinski definition) is 2. The molecule has 0 saturated carbocycles. The van der Waals surface area contributed by atoms with Crippen molar-refractivity contribution in [3.8, 4) is 0 Å². The first-order valence-electron chi connectivity index (χ1n) is 6.22. The van der Waals surface area contributed by atoms with Crippen molar-refractivity contribution in [3.63, 3.8) is 0 Å². The lowest BCUT2D eigenvalue weighted by molar-refractivity contribution is -0.123. The summed E-state index contributed by atoms with van der Waals surface area (Å²) >= 11 is 0. The van der Waals surface area contributed by atoms with Crippen LogP contribution >= 0.6 is 0 Å². The third-order valence-corrected chi connectivity index (χ3v) is 3.23.